The number of nitrogens with zero attached hydrogens (tertiary/aromatic N) is 6. The molecule has 9 heteroatoms. The number of aromatic amines is 1. The number of rotatable bonds is 3. The molecule has 9 nitrogen and oxygen atoms in total. The van der Waals surface area contributed by atoms with E-state index in [4.69, 9.17) is 4.52 Å². The van der Waals surface area contributed by atoms with Crippen LogP contribution in [0.25, 0.3) is 17.0 Å². The van der Waals surface area contributed by atoms with Crippen LogP contribution in [0.15, 0.2) is 41.4 Å². The Morgan fingerprint density at radius 3 is 2.93 bits per heavy atom. The molecule has 0 aliphatic carbocycles. The summed E-state index contributed by atoms with van der Waals surface area (Å²) in [6.07, 6.45) is 8.52. The minimum absolute atomic E-state index is 0.0251. The fourth-order valence-corrected chi connectivity index (χ4v) is 3.81. The van der Waals surface area contributed by atoms with Gasteiger partial charge in [0.25, 0.3) is 5.91 Å². The van der Waals surface area contributed by atoms with Crippen LogP contribution in [0.1, 0.15) is 40.5 Å². The molecule has 0 saturated carbocycles. The van der Waals surface area contributed by atoms with Gasteiger partial charge in [0.2, 0.25) is 0 Å². The van der Waals surface area contributed by atoms with Crippen LogP contribution in [-0.2, 0) is 0 Å². The number of fused-ring (bicyclic) bond motifs is 1. The average molecular weight is 377 g/mol. The molecule has 0 radical (unpaired) electrons. The molecule has 1 saturated heterocycles. The van der Waals surface area contributed by atoms with Gasteiger partial charge in [0.1, 0.15) is 5.56 Å². The molecule has 5 heterocycles. The third kappa shape index (κ3) is 2.75. The molecule has 1 aliphatic heterocycles. The zero-order valence-electron chi connectivity index (χ0n) is 15.4. The first-order valence-corrected chi connectivity index (χ1v) is 9.25. The first kappa shape index (κ1) is 16.7. The Kier molecular flexibility index (Phi) is 3.92. The monoisotopic (exact) mass is 377 g/mol. The summed E-state index contributed by atoms with van der Waals surface area (Å²) in [7, 11) is 0. The van der Waals surface area contributed by atoms with Gasteiger partial charge >= 0.3 is 0 Å². The fourth-order valence-electron chi connectivity index (χ4n) is 3.81. The van der Waals surface area contributed by atoms with Crippen LogP contribution in [0, 0.1) is 6.92 Å². The second-order valence-corrected chi connectivity index (χ2v) is 7.04. The number of likely N-dealkylation sites (tertiary alicyclic amines) is 1. The summed E-state index contributed by atoms with van der Waals surface area (Å²) in [6, 6.07) is 3.70. The van der Waals surface area contributed by atoms with Crippen LogP contribution in [0.3, 0.4) is 0 Å². The highest BCUT2D eigenvalue weighted by molar-refractivity contribution is 5.99. The Hall–Kier alpha value is -3.49. The standard InChI is InChI=1S/C19H19N7O2/c1-12-9-16(28-24-12)14-10-21-23-17(14)13-3-7-25(8-4-13)19(27)15-11-22-26-6-2-5-20-18(15)26/h2,5-6,9-11,13H,3-4,7-8H2,1H3,(H,21,23). The molecule has 0 spiro atoms. The number of H-pyrrole nitrogens is 1. The first-order chi connectivity index (χ1) is 13.7. The number of aryl methyl sites for hydroxylation is 1. The molecule has 142 valence electrons. The van der Waals surface area contributed by atoms with Crippen molar-refractivity contribution in [2.24, 2.45) is 0 Å². The minimum atomic E-state index is -0.0251. The van der Waals surface area contributed by atoms with Crippen LogP contribution in [-0.4, -0.2) is 53.8 Å². The third-order valence-electron chi connectivity index (χ3n) is 5.26. The molecule has 0 unspecified atom stereocenters. The molecule has 0 bridgehead atoms. The van der Waals surface area contributed by atoms with E-state index in [1.54, 1.807) is 35.4 Å². The van der Waals surface area contributed by atoms with E-state index < -0.39 is 0 Å². The first-order valence-electron chi connectivity index (χ1n) is 9.25. The van der Waals surface area contributed by atoms with E-state index in [2.05, 4.69) is 25.4 Å². The number of aromatic nitrogens is 6. The summed E-state index contributed by atoms with van der Waals surface area (Å²) >= 11 is 0. The molecule has 4 aromatic heterocycles. The topological polar surface area (TPSA) is 105 Å². The van der Waals surface area contributed by atoms with E-state index in [0.29, 0.717) is 24.3 Å². The summed E-state index contributed by atoms with van der Waals surface area (Å²) < 4.78 is 7.02. The number of hydrogen-bond donors (Lipinski definition) is 1. The van der Waals surface area contributed by atoms with Crippen LogP contribution >= 0.6 is 0 Å². The van der Waals surface area contributed by atoms with Gasteiger partial charge in [-0.15, -0.1) is 0 Å². The summed E-state index contributed by atoms with van der Waals surface area (Å²) in [4.78, 5) is 19.1. The lowest BCUT2D eigenvalue weighted by Crippen LogP contribution is -2.38. The third-order valence-corrected chi connectivity index (χ3v) is 5.26. The van der Waals surface area contributed by atoms with Gasteiger partial charge in [0.15, 0.2) is 11.4 Å². The maximum atomic E-state index is 12.9. The highest BCUT2D eigenvalue weighted by atomic mass is 16.5. The smallest absolute Gasteiger partial charge is 0.259 e. The van der Waals surface area contributed by atoms with Crippen LogP contribution in [0.4, 0.5) is 0 Å². The number of hydrogen-bond acceptors (Lipinski definition) is 6. The summed E-state index contributed by atoms with van der Waals surface area (Å²) in [5, 5.41) is 15.5. The maximum absolute atomic E-state index is 12.9. The van der Waals surface area contributed by atoms with Gasteiger partial charge in [-0.1, -0.05) is 5.16 Å². The van der Waals surface area contributed by atoms with Crippen molar-refractivity contribution in [3.05, 3.63) is 53.9 Å². The van der Waals surface area contributed by atoms with Gasteiger partial charge in [-0.3, -0.25) is 9.89 Å². The number of nitrogens with one attached hydrogen (secondary N) is 1. The molecular weight excluding hydrogens is 358 g/mol. The Morgan fingerprint density at radius 1 is 1.29 bits per heavy atom. The van der Waals surface area contributed by atoms with E-state index in [1.807, 2.05) is 17.9 Å². The van der Waals surface area contributed by atoms with Crippen molar-refractivity contribution in [3.63, 3.8) is 0 Å². The second-order valence-electron chi connectivity index (χ2n) is 7.04. The van der Waals surface area contributed by atoms with Crippen molar-refractivity contribution in [1.82, 2.24) is 34.9 Å². The van der Waals surface area contributed by atoms with Crippen LogP contribution in [0.2, 0.25) is 0 Å². The summed E-state index contributed by atoms with van der Waals surface area (Å²) in [5.74, 6) is 0.981. The molecule has 0 aromatic carbocycles. The zero-order valence-corrected chi connectivity index (χ0v) is 15.4. The zero-order chi connectivity index (χ0) is 19.1. The number of amides is 1. The van der Waals surface area contributed by atoms with Crippen molar-refractivity contribution < 1.29 is 9.32 Å². The van der Waals surface area contributed by atoms with Crippen molar-refractivity contribution in [3.8, 4) is 11.3 Å². The summed E-state index contributed by atoms with van der Waals surface area (Å²) in [6.45, 7) is 3.23. The molecule has 1 amide bonds. The van der Waals surface area contributed by atoms with Crippen molar-refractivity contribution in [2.75, 3.05) is 13.1 Å². The Labute approximate surface area is 160 Å². The van der Waals surface area contributed by atoms with Crippen LogP contribution < -0.4 is 0 Å². The van der Waals surface area contributed by atoms with E-state index in [-0.39, 0.29) is 11.8 Å². The molecule has 1 N–H and O–H groups in total. The highest BCUT2D eigenvalue weighted by Crippen LogP contribution is 2.34. The quantitative estimate of drug-likeness (QED) is 0.588. The number of piperidine rings is 1. The van der Waals surface area contributed by atoms with Crippen molar-refractivity contribution in [2.45, 2.75) is 25.7 Å². The molecule has 0 atom stereocenters. The molecule has 4 aromatic rings. The van der Waals surface area contributed by atoms with E-state index >= 15 is 0 Å². The summed E-state index contributed by atoms with van der Waals surface area (Å²) in [5.41, 5.74) is 3.95. The number of carbonyl (C=O) groups is 1. The van der Waals surface area contributed by atoms with Gasteiger partial charge in [0.05, 0.1) is 23.7 Å². The predicted molar refractivity (Wildman–Crippen MR) is 99.7 cm³/mol. The van der Waals surface area contributed by atoms with E-state index in [0.717, 1.165) is 35.6 Å². The molecule has 5 rings (SSSR count). The van der Waals surface area contributed by atoms with E-state index in [1.165, 1.54) is 0 Å². The lowest BCUT2D eigenvalue weighted by Gasteiger charge is -2.31. The lowest BCUT2D eigenvalue weighted by molar-refractivity contribution is 0.0714. The Morgan fingerprint density at radius 2 is 2.14 bits per heavy atom. The normalized spacial score (nSPS) is 15.4. The molecule has 1 aliphatic rings. The van der Waals surface area contributed by atoms with Gasteiger partial charge in [-0.2, -0.15) is 10.2 Å². The van der Waals surface area contributed by atoms with Gasteiger partial charge < -0.3 is 9.42 Å². The second kappa shape index (κ2) is 6.59. The lowest BCUT2D eigenvalue weighted by atomic mass is 9.90. The SMILES string of the molecule is Cc1cc(-c2cn[nH]c2C2CCN(C(=O)c3cnn4cccnc34)CC2)on1. The van der Waals surface area contributed by atoms with Crippen molar-refractivity contribution in [1.29, 1.82) is 0 Å². The molecule has 28 heavy (non-hydrogen) atoms. The Balaban J connectivity index is 1.32. The van der Waals surface area contributed by atoms with E-state index in [9.17, 15) is 4.79 Å². The van der Waals surface area contributed by atoms with Gasteiger partial charge in [0, 0.05) is 43.2 Å². The van der Waals surface area contributed by atoms with Gasteiger partial charge in [-0.05, 0) is 25.8 Å². The van der Waals surface area contributed by atoms with Crippen LogP contribution in [0.5, 0.6) is 0 Å². The predicted octanol–water partition coefficient (Wildman–Crippen LogP) is 2.44. The van der Waals surface area contributed by atoms with Crippen molar-refractivity contribution >= 4 is 11.6 Å². The Bertz CT molecular complexity index is 1130. The number of carbonyl (C=O) groups excluding carboxylic acids is 1. The fraction of sp³-hybridized carbons (Fsp3) is 0.316. The largest absolute Gasteiger partial charge is 0.356 e. The molecular formula is C19H19N7O2. The minimum Gasteiger partial charge on any atom is -0.356 e. The molecule has 1 fully saturated rings. The maximum Gasteiger partial charge on any atom is 0.259 e. The average Bonchev–Trinajstić information content (AvgIpc) is 3.46. The van der Waals surface area contributed by atoms with Gasteiger partial charge in [-0.25, -0.2) is 9.50 Å². The highest BCUT2D eigenvalue weighted by Gasteiger charge is 2.29.